The Morgan fingerprint density at radius 2 is 0.944 bits per heavy atom. The first-order valence-corrected chi connectivity index (χ1v) is 7.13. The predicted molar refractivity (Wildman–Crippen MR) is 78.5 cm³/mol. The molecular weight excluding hydrogens is 224 g/mol. The van der Waals surface area contributed by atoms with Crippen molar-refractivity contribution in [3.05, 3.63) is 23.7 Å². The molecule has 0 amide bonds. The van der Waals surface area contributed by atoms with Gasteiger partial charge in [0.15, 0.2) is 0 Å². The molecule has 2 nitrogen and oxygen atoms in total. The van der Waals surface area contributed by atoms with E-state index in [0.717, 1.165) is 26.1 Å². The van der Waals surface area contributed by atoms with Gasteiger partial charge in [-0.25, -0.2) is 0 Å². The lowest BCUT2D eigenvalue weighted by Crippen LogP contribution is -1.91. The van der Waals surface area contributed by atoms with Gasteiger partial charge in [-0.15, -0.1) is 0 Å². The Labute approximate surface area is 113 Å². The van der Waals surface area contributed by atoms with Crippen LogP contribution in [0, 0.1) is 0 Å². The predicted octanol–water partition coefficient (Wildman–Crippen LogP) is 5.21. The van der Waals surface area contributed by atoms with E-state index in [1.165, 1.54) is 36.8 Å². The third-order valence-electron chi connectivity index (χ3n) is 2.41. The summed E-state index contributed by atoms with van der Waals surface area (Å²) in [6.07, 6.45) is 11.2. The van der Waals surface area contributed by atoms with Crippen LogP contribution in [0.1, 0.15) is 66.2 Å². The smallest absolute Gasteiger partial charge is 0.0873 e. The number of hydrogen-bond acceptors (Lipinski definition) is 2. The van der Waals surface area contributed by atoms with Gasteiger partial charge in [-0.3, -0.25) is 0 Å². The third kappa shape index (κ3) is 15.1. The number of hydrogen-bond donors (Lipinski definition) is 0. The molecule has 0 saturated carbocycles. The summed E-state index contributed by atoms with van der Waals surface area (Å²) in [5.41, 5.74) is 2.46. The van der Waals surface area contributed by atoms with Crippen LogP contribution in [-0.4, -0.2) is 13.2 Å². The van der Waals surface area contributed by atoms with Gasteiger partial charge >= 0.3 is 0 Å². The summed E-state index contributed by atoms with van der Waals surface area (Å²) in [4.78, 5) is 0. The molecule has 0 spiro atoms. The molecule has 0 radical (unpaired) electrons. The summed E-state index contributed by atoms with van der Waals surface area (Å²) >= 11 is 0. The van der Waals surface area contributed by atoms with Crippen molar-refractivity contribution in [2.45, 2.75) is 66.2 Å². The average molecular weight is 254 g/mol. The molecule has 0 aromatic heterocycles. The molecule has 0 saturated heterocycles. The summed E-state index contributed by atoms with van der Waals surface area (Å²) in [6, 6.07) is 0. The Bertz CT molecular complexity index is 207. The van der Waals surface area contributed by atoms with Crippen molar-refractivity contribution in [2.24, 2.45) is 0 Å². The van der Waals surface area contributed by atoms with Crippen molar-refractivity contribution in [3.8, 4) is 0 Å². The topological polar surface area (TPSA) is 18.5 Å². The zero-order chi connectivity index (χ0) is 13.6. The van der Waals surface area contributed by atoms with Gasteiger partial charge in [0.2, 0.25) is 0 Å². The van der Waals surface area contributed by atoms with Crippen molar-refractivity contribution in [1.82, 2.24) is 0 Å². The van der Waals surface area contributed by atoms with Gasteiger partial charge in [0.1, 0.15) is 0 Å². The molecule has 0 unspecified atom stereocenters. The van der Waals surface area contributed by atoms with Crippen LogP contribution in [-0.2, 0) is 9.47 Å². The minimum Gasteiger partial charge on any atom is -0.501 e. The van der Waals surface area contributed by atoms with E-state index in [-0.39, 0.29) is 0 Å². The van der Waals surface area contributed by atoms with Gasteiger partial charge in [-0.05, 0) is 51.7 Å². The maximum Gasteiger partial charge on any atom is 0.0873 e. The third-order valence-corrected chi connectivity index (χ3v) is 2.41. The summed E-state index contributed by atoms with van der Waals surface area (Å²) < 4.78 is 10.8. The zero-order valence-corrected chi connectivity index (χ0v) is 12.6. The number of unbranched alkanes of at least 4 members (excludes halogenated alkanes) is 5. The average Bonchev–Trinajstić information content (AvgIpc) is 2.29. The van der Waals surface area contributed by atoms with Crippen LogP contribution in [0.2, 0.25) is 0 Å². The van der Waals surface area contributed by atoms with E-state index in [9.17, 15) is 0 Å². The zero-order valence-electron chi connectivity index (χ0n) is 12.6. The minimum atomic E-state index is 0.856. The molecule has 0 bridgehead atoms. The Morgan fingerprint density at radius 1 is 0.611 bits per heavy atom. The molecule has 0 rings (SSSR count). The quantitative estimate of drug-likeness (QED) is 0.372. The van der Waals surface area contributed by atoms with Gasteiger partial charge in [0.25, 0.3) is 0 Å². The first-order valence-electron chi connectivity index (χ1n) is 7.13. The number of allylic oxidation sites excluding steroid dienone is 2. The van der Waals surface area contributed by atoms with Crippen LogP contribution in [0.5, 0.6) is 0 Å². The molecule has 0 aromatic rings. The fraction of sp³-hybridized carbons (Fsp3) is 0.750. The van der Waals surface area contributed by atoms with E-state index in [0.29, 0.717) is 0 Å². The highest BCUT2D eigenvalue weighted by molar-refractivity contribution is 4.86. The van der Waals surface area contributed by atoms with Gasteiger partial charge in [0, 0.05) is 0 Å². The second kappa shape index (κ2) is 12.5. The molecule has 18 heavy (non-hydrogen) atoms. The first-order chi connectivity index (χ1) is 8.63. The van der Waals surface area contributed by atoms with Crippen LogP contribution in [0.25, 0.3) is 0 Å². The molecule has 0 aliphatic heterocycles. The molecule has 0 fully saturated rings. The van der Waals surface area contributed by atoms with Crippen molar-refractivity contribution >= 4 is 0 Å². The van der Waals surface area contributed by atoms with E-state index in [1.807, 2.05) is 12.5 Å². The lowest BCUT2D eigenvalue weighted by atomic mass is 10.1. The Morgan fingerprint density at radius 3 is 1.28 bits per heavy atom. The Balaban J connectivity index is 3.08. The van der Waals surface area contributed by atoms with Crippen molar-refractivity contribution in [3.63, 3.8) is 0 Å². The fourth-order valence-corrected chi connectivity index (χ4v) is 1.53. The molecule has 0 aromatic carbocycles. The van der Waals surface area contributed by atoms with Gasteiger partial charge in [0.05, 0.1) is 25.7 Å². The highest BCUT2D eigenvalue weighted by Gasteiger charge is 1.92. The van der Waals surface area contributed by atoms with Gasteiger partial charge in [-0.1, -0.05) is 25.7 Å². The van der Waals surface area contributed by atoms with E-state index >= 15 is 0 Å². The van der Waals surface area contributed by atoms with Crippen LogP contribution in [0.3, 0.4) is 0 Å². The molecule has 0 aliphatic carbocycles. The number of ether oxygens (including phenoxy) is 2. The SMILES string of the molecule is CC(C)=COCCCCCCCCOC=C(C)C. The molecule has 2 heteroatoms. The highest BCUT2D eigenvalue weighted by Crippen LogP contribution is 2.06. The maximum absolute atomic E-state index is 5.39. The maximum atomic E-state index is 5.39. The lowest BCUT2D eigenvalue weighted by molar-refractivity contribution is 0.232. The second-order valence-electron chi connectivity index (χ2n) is 5.25. The standard InChI is InChI=1S/C16H30O2/c1-15(2)13-17-11-9-7-5-6-8-10-12-18-14-16(3)4/h13-14H,5-12H2,1-4H3. The molecule has 0 N–H and O–H groups in total. The summed E-state index contributed by atoms with van der Waals surface area (Å²) in [5, 5.41) is 0. The van der Waals surface area contributed by atoms with Crippen LogP contribution >= 0.6 is 0 Å². The van der Waals surface area contributed by atoms with Gasteiger partial charge in [-0.2, -0.15) is 0 Å². The van der Waals surface area contributed by atoms with E-state index in [4.69, 9.17) is 9.47 Å². The summed E-state index contributed by atoms with van der Waals surface area (Å²) in [7, 11) is 0. The molecule has 0 aliphatic rings. The highest BCUT2D eigenvalue weighted by atomic mass is 16.5. The van der Waals surface area contributed by atoms with Crippen molar-refractivity contribution in [2.75, 3.05) is 13.2 Å². The monoisotopic (exact) mass is 254 g/mol. The minimum absolute atomic E-state index is 0.856. The second-order valence-corrected chi connectivity index (χ2v) is 5.25. The van der Waals surface area contributed by atoms with Gasteiger partial charge < -0.3 is 9.47 Å². The van der Waals surface area contributed by atoms with E-state index in [1.54, 1.807) is 0 Å². The molecule has 0 heterocycles. The fourth-order valence-electron chi connectivity index (χ4n) is 1.53. The molecule has 106 valence electrons. The Hall–Kier alpha value is -0.920. The van der Waals surface area contributed by atoms with Crippen LogP contribution in [0.15, 0.2) is 23.7 Å². The molecular formula is C16H30O2. The first kappa shape index (κ1) is 17.1. The number of rotatable bonds is 11. The normalized spacial score (nSPS) is 9.78. The van der Waals surface area contributed by atoms with E-state index in [2.05, 4.69) is 27.7 Å². The summed E-state index contributed by atoms with van der Waals surface area (Å²) in [6.45, 7) is 9.92. The van der Waals surface area contributed by atoms with Crippen LogP contribution in [0.4, 0.5) is 0 Å². The lowest BCUT2D eigenvalue weighted by Gasteiger charge is -2.03. The van der Waals surface area contributed by atoms with Crippen LogP contribution < -0.4 is 0 Å². The van der Waals surface area contributed by atoms with Crippen molar-refractivity contribution < 1.29 is 9.47 Å². The Kier molecular flexibility index (Phi) is 11.9. The van der Waals surface area contributed by atoms with E-state index < -0.39 is 0 Å². The largest absolute Gasteiger partial charge is 0.501 e. The summed E-state index contributed by atoms with van der Waals surface area (Å²) in [5.74, 6) is 0. The van der Waals surface area contributed by atoms with Crippen molar-refractivity contribution in [1.29, 1.82) is 0 Å². The molecule has 0 atom stereocenters.